The minimum absolute atomic E-state index is 0.0642. The number of hydrogen-bond donors (Lipinski definition) is 3. The van der Waals surface area contributed by atoms with Gasteiger partial charge in [0.15, 0.2) is 5.11 Å². The van der Waals surface area contributed by atoms with Crippen LogP contribution in [0.2, 0.25) is 0 Å². The maximum Gasteiger partial charge on any atom is 0.426 e. The van der Waals surface area contributed by atoms with Gasteiger partial charge in [0.25, 0.3) is 5.60 Å². The van der Waals surface area contributed by atoms with E-state index in [9.17, 15) is 31.4 Å². The van der Waals surface area contributed by atoms with Crippen LogP contribution >= 0.6 is 12.2 Å². The molecule has 0 saturated heterocycles. The van der Waals surface area contributed by atoms with Crippen LogP contribution in [0, 0.1) is 5.92 Å². The van der Waals surface area contributed by atoms with E-state index in [1.165, 1.54) is 0 Å². The van der Waals surface area contributed by atoms with E-state index in [1.807, 2.05) is 5.43 Å². The minimum atomic E-state index is -5.91. The molecule has 4 nitrogen and oxygen atoms in total. The van der Waals surface area contributed by atoms with E-state index in [0.717, 1.165) is 0 Å². The van der Waals surface area contributed by atoms with Crippen LogP contribution in [0.5, 0.6) is 0 Å². The smallest absolute Gasteiger partial charge is 0.375 e. The van der Waals surface area contributed by atoms with Gasteiger partial charge in [-0.1, -0.05) is 26.2 Å². The molecule has 130 valence electrons. The number of rotatable bonds is 7. The van der Waals surface area contributed by atoms with Crippen molar-refractivity contribution in [1.82, 2.24) is 5.43 Å². The molecule has 0 heterocycles. The Morgan fingerprint density at radius 1 is 1.23 bits per heavy atom. The maximum atomic E-state index is 12.8. The number of halogens is 6. The van der Waals surface area contributed by atoms with Crippen LogP contribution in [0.15, 0.2) is 5.10 Å². The van der Waals surface area contributed by atoms with Crippen LogP contribution in [0.1, 0.15) is 32.6 Å². The first-order chi connectivity index (χ1) is 9.88. The normalized spacial score (nSPS) is 15.1. The molecule has 22 heavy (non-hydrogen) atoms. The summed E-state index contributed by atoms with van der Waals surface area (Å²) < 4.78 is 77.1. The summed E-state index contributed by atoms with van der Waals surface area (Å²) in [4.78, 5) is 0. The van der Waals surface area contributed by atoms with Crippen molar-refractivity contribution in [3.8, 4) is 0 Å². The number of hydrogen-bond acceptors (Lipinski definition) is 3. The zero-order valence-corrected chi connectivity index (χ0v) is 12.4. The van der Waals surface area contributed by atoms with Crippen molar-refractivity contribution in [2.24, 2.45) is 16.8 Å². The van der Waals surface area contributed by atoms with Crippen LogP contribution in [0.25, 0.3) is 0 Å². The highest BCUT2D eigenvalue weighted by Gasteiger charge is 2.73. The average molecular weight is 353 g/mol. The Morgan fingerprint density at radius 3 is 2.09 bits per heavy atom. The van der Waals surface area contributed by atoms with Gasteiger partial charge < -0.3 is 10.8 Å². The quantitative estimate of drug-likeness (QED) is 0.216. The molecule has 0 aliphatic carbocycles. The summed E-state index contributed by atoms with van der Waals surface area (Å²) in [5, 5.41) is 12.1. The lowest BCUT2D eigenvalue weighted by molar-refractivity contribution is -0.378. The Morgan fingerprint density at radius 2 is 1.73 bits per heavy atom. The second-order valence-corrected chi connectivity index (χ2v) is 5.06. The standard InChI is InChI=1S/C11H17F6N3OS/c1-2-3-4-5-7(6-19-20-8(18)22)9(21,10(12,13)14)11(15,16)17/h6-7,21H,2-5H2,1H3,(H3,18,20,22)/b19-6+/t7-/m1/s1. The number of alkyl halides is 6. The second kappa shape index (κ2) is 7.95. The third kappa shape index (κ3) is 5.27. The molecule has 0 aromatic carbocycles. The largest absolute Gasteiger partial charge is 0.426 e. The van der Waals surface area contributed by atoms with Gasteiger partial charge >= 0.3 is 12.4 Å². The molecular weight excluding hydrogens is 336 g/mol. The van der Waals surface area contributed by atoms with Gasteiger partial charge in [-0.2, -0.15) is 31.4 Å². The molecule has 0 radical (unpaired) electrons. The van der Waals surface area contributed by atoms with Crippen LogP contribution in [0.4, 0.5) is 26.3 Å². The molecule has 0 spiro atoms. The second-order valence-electron chi connectivity index (χ2n) is 4.62. The van der Waals surface area contributed by atoms with Gasteiger partial charge in [0.1, 0.15) is 0 Å². The van der Waals surface area contributed by atoms with Gasteiger partial charge in [0.2, 0.25) is 0 Å². The van der Waals surface area contributed by atoms with Gasteiger partial charge in [-0.15, -0.1) is 0 Å². The summed E-state index contributed by atoms with van der Waals surface area (Å²) in [6, 6.07) is 0. The molecule has 11 heteroatoms. The first kappa shape index (κ1) is 20.9. The summed E-state index contributed by atoms with van der Waals surface area (Å²) in [7, 11) is 0. The Labute approximate surface area is 128 Å². The number of thiocarbonyl (C=S) groups is 1. The molecule has 0 aromatic rings. The molecule has 0 aliphatic heterocycles. The molecule has 0 amide bonds. The molecule has 0 unspecified atom stereocenters. The van der Waals surface area contributed by atoms with E-state index in [1.54, 1.807) is 6.92 Å². The van der Waals surface area contributed by atoms with E-state index in [0.29, 0.717) is 19.1 Å². The molecule has 0 aliphatic rings. The Balaban J connectivity index is 5.55. The number of nitrogens with zero attached hydrogens (tertiary/aromatic N) is 1. The van der Waals surface area contributed by atoms with Crippen LogP contribution < -0.4 is 11.2 Å². The van der Waals surface area contributed by atoms with Crippen LogP contribution in [-0.2, 0) is 0 Å². The summed E-state index contributed by atoms with van der Waals surface area (Å²) >= 11 is 4.34. The van der Waals surface area contributed by atoms with Gasteiger partial charge in [0.05, 0.1) is 0 Å². The molecule has 4 N–H and O–H groups in total. The van der Waals surface area contributed by atoms with E-state index >= 15 is 0 Å². The van der Waals surface area contributed by atoms with Crippen LogP contribution in [-0.4, -0.2) is 34.4 Å². The summed E-state index contributed by atoms with van der Waals surface area (Å²) in [5.74, 6) is -2.32. The van der Waals surface area contributed by atoms with Crippen LogP contribution in [0.3, 0.4) is 0 Å². The third-order valence-electron chi connectivity index (χ3n) is 2.95. The highest BCUT2D eigenvalue weighted by Crippen LogP contribution is 2.48. The number of unbranched alkanes of at least 4 members (excludes halogenated alkanes) is 2. The zero-order valence-electron chi connectivity index (χ0n) is 11.6. The predicted octanol–water partition coefficient (Wildman–Crippen LogP) is 2.86. The molecule has 1 atom stereocenters. The highest BCUT2D eigenvalue weighted by molar-refractivity contribution is 7.80. The number of aliphatic hydroxyl groups is 1. The maximum absolute atomic E-state index is 12.8. The molecule has 0 bridgehead atoms. The third-order valence-corrected chi connectivity index (χ3v) is 3.04. The fraction of sp³-hybridized carbons (Fsp3) is 0.818. The van der Waals surface area contributed by atoms with Crippen molar-refractivity contribution >= 4 is 23.5 Å². The fourth-order valence-electron chi connectivity index (χ4n) is 1.78. The molecule has 0 aromatic heterocycles. The SMILES string of the molecule is CCCCC[C@H](/C=N/NC(N)=S)C(O)(C(F)(F)F)C(F)(F)F. The van der Waals surface area contributed by atoms with Crippen molar-refractivity contribution in [3.63, 3.8) is 0 Å². The van der Waals surface area contributed by atoms with Gasteiger partial charge in [-0.3, -0.25) is 5.43 Å². The Hall–Kier alpha value is -1.10. The predicted molar refractivity (Wildman–Crippen MR) is 73.1 cm³/mol. The summed E-state index contributed by atoms with van der Waals surface area (Å²) in [5.41, 5.74) is 1.96. The lowest BCUT2D eigenvalue weighted by Crippen LogP contribution is -2.62. The highest BCUT2D eigenvalue weighted by atomic mass is 32.1. The van der Waals surface area contributed by atoms with Crippen molar-refractivity contribution in [2.45, 2.75) is 50.6 Å². The van der Waals surface area contributed by atoms with E-state index in [4.69, 9.17) is 5.73 Å². The minimum Gasteiger partial charge on any atom is -0.375 e. The molecule has 0 rings (SSSR count). The average Bonchev–Trinajstić information content (AvgIpc) is 2.33. The molecule has 0 fully saturated rings. The molecular formula is C11H17F6N3OS. The first-order valence-corrected chi connectivity index (χ1v) is 6.73. The van der Waals surface area contributed by atoms with Crippen molar-refractivity contribution in [2.75, 3.05) is 0 Å². The zero-order chi connectivity index (χ0) is 17.6. The van der Waals surface area contributed by atoms with Crippen molar-refractivity contribution in [1.29, 1.82) is 0 Å². The van der Waals surface area contributed by atoms with Gasteiger partial charge in [-0.25, -0.2) is 0 Å². The van der Waals surface area contributed by atoms with Gasteiger partial charge in [-0.05, 0) is 18.6 Å². The van der Waals surface area contributed by atoms with E-state index in [2.05, 4.69) is 17.3 Å². The monoisotopic (exact) mass is 353 g/mol. The van der Waals surface area contributed by atoms with Crippen molar-refractivity contribution < 1.29 is 31.4 Å². The summed E-state index contributed by atoms with van der Waals surface area (Å²) in [6.07, 6.45) is -10.9. The van der Waals surface area contributed by atoms with E-state index in [-0.39, 0.29) is 6.42 Å². The topological polar surface area (TPSA) is 70.6 Å². The number of nitrogens with one attached hydrogen (secondary N) is 1. The Bertz CT molecular complexity index is 382. The Kier molecular flexibility index (Phi) is 7.55. The first-order valence-electron chi connectivity index (χ1n) is 6.32. The fourth-order valence-corrected chi connectivity index (χ4v) is 1.83. The lowest BCUT2D eigenvalue weighted by atomic mass is 9.83. The van der Waals surface area contributed by atoms with Gasteiger partial charge in [0, 0.05) is 12.1 Å². The number of nitrogens with two attached hydrogens (primary N) is 1. The summed E-state index contributed by atoms with van der Waals surface area (Å²) in [6.45, 7) is 1.73. The van der Waals surface area contributed by atoms with Crippen molar-refractivity contribution in [3.05, 3.63) is 0 Å². The lowest BCUT2D eigenvalue weighted by Gasteiger charge is -2.37. The van der Waals surface area contributed by atoms with E-state index < -0.39 is 35.4 Å². The number of hydrazone groups is 1. The molecule has 0 saturated carbocycles.